The van der Waals surface area contributed by atoms with Crippen molar-refractivity contribution >= 4 is 28.6 Å². The first kappa shape index (κ1) is 16.3. The predicted octanol–water partition coefficient (Wildman–Crippen LogP) is 2.77. The van der Waals surface area contributed by atoms with Gasteiger partial charge in [0.25, 0.3) is 0 Å². The van der Waals surface area contributed by atoms with Crippen molar-refractivity contribution in [2.45, 2.75) is 13.3 Å². The smallest absolute Gasteiger partial charge is 0.243 e. The number of hydrogen-bond donors (Lipinski definition) is 1. The Hall–Kier alpha value is -3.21. The lowest BCUT2D eigenvalue weighted by molar-refractivity contribution is -0.570. The molecule has 4 rings (SSSR count). The summed E-state index contributed by atoms with van der Waals surface area (Å²) in [6.07, 6.45) is 2.09. The van der Waals surface area contributed by atoms with Crippen LogP contribution in [0.5, 0.6) is 0 Å². The van der Waals surface area contributed by atoms with Crippen molar-refractivity contribution in [3.63, 3.8) is 0 Å². The van der Waals surface area contributed by atoms with Crippen LogP contribution in [0.25, 0.3) is 22.8 Å². The number of hydrogen-bond acceptors (Lipinski definition) is 4. The van der Waals surface area contributed by atoms with Gasteiger partial charge >= 0.3 is 0 Å². The molecule has 3 aromatic rings. The molecule has 1 aromatic heterocycles. The van der Waals surface area contributed by atoms with Crippen molar-refractivity contribution in [1.29, 1.82) is 0 Å². The van der Waals surface area contributed by atoms with Crippen molar-refractivity contribution < 1.29 is 9.36 Å². The third kappa shape index (κ3) is 2.44. The highest BCUT2D eigenvalue weighted by Gasteiger charge is 2.32. The van der Waals surface area contributed by atoms with Gasteiger partial charge in [-0.1, -0.05) is 18.2 Å². The van der Waals surface area contributed by atoms with Gasteiger partial charge in [-0.25, -0.2) is 4.98 Å². The number of aromatic nitrogens is 2. The van der Waals surface area contributed by atoms with Crippen molar-refractivity contribution in [1.82, 2.24) is 4.98 Å². The minimum atomic E-state index is -0.0408. The van der Waals surface area contributed by atoms with Crippen LogP contribution < -0.4 is 15.2 Å². The Morgan fingerprint density at radius 1 is 1.12 bits per heavy atom. The molecule has 0 saturated carbocycles. The number of aryl methyl sites for hydroxylation is 1. The van der Waals surface area contributed by atoms with E-state index in [1.165, 1.54) is 0 Å². The van der Waals surface area contributed by atoms with Crippen LogP contribution in [0.2, 0.25) is 0 Å². The first-order valence-electron chi connectivity index (χ1n) is 8.58. The van der Waals surface area contributed by atoms with E-state index in [4.69, 9.17) is 5.73 Å². The van der Waals surface area contributed by atoms with Crippen LogP contribution >= 0.6 is 0 Å². The zero-order valence-electron chi connectivity index (χ0n) is 15.2. The third-order valence-electron chi connectivity index (χ3n) is 4.77. The van der Waals surface area contributed by atoms with Gasteiger partial charge in [-0.15, -0.1) is 4.57 Å². The summed E-state index contributed by atoms with van der Waals surface area (Å²) < 4.78 is 2.10. The number of benzene rings is 2. The molecular weight excluding hydrogens is 324 g/mol. The van der Waals surface area contributed by atoms with Gasteiger partial charge in [0.15, 0.2) is 11.5 Å². The number of carbonyl (C=O) groups excluding carboxylic acids is 1. The molecule has 1 aliphatic rings. The van der Waals surface area contributed by atoms with Gasteiger partial charge in [0, 0.05) is 49.3 Å². The molecule has 0 fully saturated rings. The Kier molecular flexibility index (Phi) is 3.72. The van der Waals surface area contributed by atoms with E-state index in [-0.39, 0.29) is 12.2 Å². The fourth-order valence-electron chi connectivity index (χ4n) is 3.62. The Morgan fingerprint density at radius 2 is 1.85 bits per heavy atom. The molecule has 26 heavy (non-hydrogen) atoms. The van der Waals surface area contributed by atoms with Crippen LogP contribution in [0.4, 0.5) is 5.69 Å². The van der Waals surface area contributed by atoms with E-state index in [1.807, 2.05) is 62.6 Å². The summed E-state index contributed by atoms with van der Waals surface area (Å²) in [6.45, 7) is 2.09. The first-order valence-corrected chi connectivity index (χ1v) is 8.58. The topological polar surface area (TPSA) is 63.1 Å². The van der Waals surface area contributed by atoms with Crippen molar-refractivity contribution in [3.05, 3.63) is 65.1 Å². The number of para-hydroxylation sites is 1. The number of rotatable bonds is 2. The van der Waals surface area contributed by atoms with Gasteiger partial charge in [0.1, 0.15) is 5.52 Å². The fourth-order valence-corrected chi connectivity index (χ4v) is 3.62. The van der Waals surface area contributed by atoms with Crippen LogP contribution in [0, 0.1) is 6.92 Å². The van der Waals surface area contributed by atoms with E-state index in [1.54, 1.807) is 0 Å². The quantitative estimate of drug-likeness (QED) is 0.726. The predicted molar refractivity (Wildman–Crippen MR) is 103 cm³/mol. The number of Topliss-reactive ketones (excluding diaryl/α,β-unsaturated/α-hetero) is 1. The molecule has 1 heterocycles. The van der Waals surface area contributed by atoms with Crippen LogP contribution in [0.3, 0.4) is 0 Å². The number of allylic oxidation sites excluding steroid dienone is 1. The molecule has 5 nitrogen and oxygen atoms in total. The minimum Gasteiger partial charge on any atom is -0.401 e. The van der Waals surface area contributed by atoms with E-state index in [2.05, 4.69) is 21.4 Å². The molecule has 0 saturated heterocycles. The summed E-state index contributed by atoms with van der Waals surface area (Å²) in [6, 6.07) is 14.0. The minimum absolute atomic E-state index is 0.0408. The largest absolute Gasteiger partial charge is 0.401 e. The highest BCUT2D eigenvalue weighted by atomic mass is 16.1. The van der Waals surface area contributed by atoms with E-state index in [9.17, 15) is 4.79 Å². The number of carbonyl (C=O) groups is 1. The normalized spacial score (nSPS) is 13.5. The third-order valence-corrected chi connectivity index (χ3v) is 4.77. The number of ketones is 1. The molecule has 0 radical (unpaired) electrons. The fraction of sp³-hybridized carbons (Fsp3) is 0.190. The maximum absolute atomic E-state index is 12.6. The van der Waals surface area contributed by atoms with Crippen molar-refractivity contribution in [2.75, 3.05) is 19.0 Å². The van der Waals surface area contributed by atoms with Gasteiger partial charge in [-0.05, 0) is 19.1 Å². The molecule has 0 amide bonds. The van der Waals surface area contributed by atoms with E-state index in [0.29, 0.717) is 11.4 Å². The van der Waals surface area contributed by atoms with Crippen molar-refractivity contribution in [3.8, 4) is 5.69 Å². The maximum Gasteiger partial charge on any atom is 0.243 e. The molecule has 0 spiro atoms. The van der Waals surface area contributed by atoms with Crippen molar-refractivity contribution in [2.24, 2.45) is 5.73 Å². The summed E-state index contributed by atoms with van der Waals surface area (Å²) in [5, 5.41) is 0. The lowest BCUT2D eigenvalue weighted by Crippen LogP contribution is -2.40. The number of anilines is 1. The van der Waals surface area contributed by atoms with Gasteiger partial charge in [-0.2, -0.15) is 0 Å². The standard InChI is InChI=1S/C21H20N4O/c1-13-17(24(2)3)10-9-16-21(13)25(15-7-5-4-6-8-15)18-11-14(22)12-19(26)20(18)23-16/h4-11,22H,12H2,1-3H3/p+1. The van der Waals surface area contributed by atoms with Crippen LogP contribution in [-0.4, -0.2) is 24.9 Å². The summed E-state index contributed by atoms with van der Waals surface area (Å²) in [4.78, 5) is 19.4. The molecule has 1 aliphatic carbocycles. The zero-order valence-corrected chi connectivity index (χ0v) is 15.2. The summed E-state index contributed by atoms with van der Waals surface area (Å²) >= 11 is 0. The number of nitrogens with two attached hydrogens (primary N) is 1. The molecule has 2 aromatic carbocycles. The number of nitrogens with zero attached hydrogens (tertiary/aromatic N) is 3. The van der Waals surface area contributed by atoms with Gasteiger partial charge in [-0.3, -0.25) is 4.79 Å². The van der Waals surface area contributed by atoms with Gasteiger partial charge in [0.2, 0.25) is 16.9 Å². The second-order valence-electron chi connectivity index (χ2n) is 6.81. The molecule has 130 valence electrons. The summed E-state index contributed by atoms with van der Waals surface area (Å²) in [7, 11) is 4.04. The molecule has 0 atom stereocenters. The highest BCUT2D eigenvalue weighted by Crippen LogP contribution is 2.28. The van der Waals surface area contributed by atoms with E-state index in [0.717, 1.165) is 33.7 Å². The van der Waals surface area contributed by atoms with E-state index < -0.39 is 0 Å². The Bertz CT molecular complexity index is 1070. The lowest BCUT2D eigenvalue weighted by Gasteiger charge is -2.18. The van der Waals surface area contributed by atoms with Gasteiger partial charge in [0.05, 0.1) is 6.42 Å². The summed E-state index contributed by atoms with van der Waals surface area (Å²) in [5.74, 6) is -0.0408. The van der Waals surface area contributed by atoms with Crippen LogP contribution in [-0.2, 0) is 0 Å². The molecule has 0 unspecified atom stereocenters. The zero-order chi connectivity index (χ0) is 18.4. The molecule has 0 bridgehead atoms. The average Bonchev–Trinajstić information content (AvgIpc) is 2.61. The molecule has 5 heteroatoms. The van der Waals surface area contributed by atoms with Crippen LogP contribution in [0.15, 0.2) is 48.2 Å². The molecule has 0 aliphatic heterocycles. The Balaban J connectivity index is 2.21. The maximum atomic E-state index is 12.6. The second kappa shape index (κ2) is 5.95. The monoisotopic (exact) mass is 345 g/mol. The second-order valence-corrected chi connectivity index (χ2v) is 6.81. The van der Waals surface area contributed by atoms with Crippen LogP contribution in [0.1, 0.15) is 28.2 Å². The molecule has 2 N–H and O–H groups in total. The lowest BCUT2D eigenvalue weighted by atomic mass is 10.0. The Morgan fingerprint density at radius 3 is 2.54 bits per heavy atom. The molecular formula is C21H21N4O+. The van der Waals surface area contributed by atoms with E-state index >= 15 is 0 Å². The first-order chi connectivity index (χ1) is 12.5. The number of fused-ring (bicyclic) bond motifs is 2. The SMILES string of the molecule is Cc1c(N(C)C)ccc2nc3c([n+](-c4ccccc4)c12)C=C(N)CC3=O. The average molecular weight is 345 g/mol. The Labute approximate surface area is 152 Å². The van der Waals surface area contributed by atoms with Gasteiger partial charge < -0.3 is 10.6 Å². The summed E-state index contributed by atoms with van der Waals surface area (Å²) in [5.41, 5.74) is 12.8. The highest BCUT2D eigenvalue weighted by molar-refractivity contribution is 6.02.